The molecule has 1 heterocycles. The largest absolute Gasteiger partial charge is 0.421 e. The summed E-state index contributed by atoms with van der Waals surface area (Å²) in [5, 5.41) is 9.60. The zero-order valence-corrected chi connectivity index (χ0v) is 12.4. The van der Waals surface area contributed by atoms with Gasteiger partial charge in [0.1, 0.15) is 6.23 Å². The van der Waals surface area contributed by atoms with Gasteiger partial charge in [0.05, 0.1) is 0 Å². The average Bonchev–Trinajstić information content (AvgIpc) is 2.94. The Bertz CT molecular complexity index is 540. The van der Waals surface area contributed by atoms with E-state index in [4.69, 9.17) is 4.74 Å². The van der Waals surface area contributed by atoms with Crippen molar-refractivity contribution in [3.8, 4) is 0 Å². The predicted octanol–water partition coefficient (Wildman–Crippen LogP) is 2.66. The lowest BCUT2D eigenvalue weighted by molar-refractivity contribution is -0.258. The molecule has 22 heavy (non-hydrogen) atoms. The van der Waals surface area contributed by atoms with Crippen molar-refractivity contribution in [2.75, 3.05) is 13.7 Å². The van der Waals surface area contributed by atoms with E-state index in [9.17, 15) is 23.1 Å². The average molecular weight is 317 g/mol. The molecule has 7 heteroatoms. The van der Waals surface area contributed by atoms with Gasteiger partial charge in [0.15, 0.2) is 5.60 Å². The van der Waals surface area contributed by atoms with Gasteiger partial charge < -0.3 is 14.7 Å². The highest BCUT2D eigenvalue weighted by molar-refractivity contribution is 5.94. The Morgan fingerprint density at radius 3 is 2.41 bits per heavy atom. The number of ether oxygens (including phenoxy) is 1. The summed E-state index contributed by atoms with van der Waals surface area (Å²) in [4.78, 5) is 13.9. The van der Waals surface area contributed by atoms with Crippen LogP contribution < -0.4 is 0 Å². The van der Waals surface area contributed by atoms with E-state index in [0.29, 0.717) is 13.5 Å². The molecule has 1 amide bonds. The SMILES string of the molecule is COC1CCCN1C(=O)c1ccc(C(C)(O)C(F)(F)F)cc1. The van der Waals surface area contributed by atoms with Crippen molar-refractivity contribution in [1.29, 1.82) is 0 Å². The molecule has 2 rings (SSSR count). The maximum Gasteiger partial charge on any atom is 0.421 e. The number of hydrogen-bond acceptors (Lipinski definition) is 3. The third-order valence-electron chi connectivity index (χ3n) is 3.98. The molecule has 2 unspecified atom stereocenters. The van der Waals surface area contributed by atoms with Crippen molar-refractivity contribution < 1.29 is 27.8 Å². The summed E-state index contributed by atoms with van der Waals surface area (Å²) < 4.78 is 43.5. The van der Waals surface area contributed by atoms with Crippen molar-refractivity contribution in [1.82, 2.24) is 4.90 Å². The predicted molar refractivity (Wildman–Crippen MR) is 73.1 cm³/mol. The minimum Gasteiger partial charge on any atom is -0.376 e. The van der Waals surface area contributed by atoms with Crippen LogP contribution in [0.1, 0.15) is 35.7 Å². The number of benzene rings is 1. The summed E-state index contributed by atoms with van der Waals surface area (Å²) in [6, 6.07) is 4.84. The zero-order valence-electron chi connectivity index (χ0n) is 12.4. The molecule has 0 bridgehead atoms. The molecule has 2 atom stereocenters. The Balaban J connectivity index is 2.21. The van der Waals surface area contributed by atoms with Gasteiger partial charge in [-0.2, -0.15) is 13.2 Å². The molecule has 0 saturated carbocycles. The molecule has 0 aliphatic carbocycles. The van der Waals surface area contributed by atoms with Gasteiger partial charge in [0, 0.05) is 19.2 Å². The third-order valence-corrected chi connectivity index (χ3v) is 3.98. The molecule has 1 aliphatic heterocycles. The fraction of sp³-hybridized carbons (Fsp3) is 0.533. The smallest absolute Gasteiger partial charge is 0.376 e. The van der Waals surface area contributed by atoms with Gasteiger partial charge in [-0.05, 0) is 37.5 Å². The highest BCUT2D eigenvalue weighted by Crippen LogP contribution is 2.38. The van der Waals surface area contributed by atoms with E-state index in [1.54, 1.807) is 4.90 Å². The summed E-state index contributed by atoms with van der Waals surface area (Å²) in [5.74, 6) is -0.289. The van der Waals surface area contributed by atoms with Gasteiger partial charge >= 0.3 is 6.18 Å². The quantitative estimate of drug-likeness (QED) is 0.932. The van der Waals surface area contributed by atoms with Crippen LogP contribution >= 0.6 is 0 Å². The van der Waals surface area contributed by atoms with E-state index in [0.717, 1.165) is 25.0 Å². The van der Waals surface area contributed by atoms with E-state index in [1.165, 1.54) is 19.2 Å². The van der Waals surface area contributed by atoms with E-state index in [2.05, 4.69) is 0 Å². The number of nitrogens with zero attached hydrogens (tertiary/aromatic N) is 1. The van der Waals surface area contributed by atoms with Crippen LogP contribution in [0, 0.1) is 0 Å². The van der Waals surface area contributed by atoms with Crippen molar-refractivity contribution in [2.45, 2.75) is 37.8 Å². The van der Waals surface area contributed by atoms with Crippen LogP contribution in [0.25, 0.3) is 0 Å². The Morgan fingerprint density at radius 2 is 1.91 bits per heavy atom. The third kappa shape index (κ3) is 2.96. The number of likely N-dealkylation sites (tertiary alicyclic amines) is 1. The Labute approximate surface area is 126 Å². The van der Waals surface area contributed by atoms with Gasteiger partial charge in [-0.1, -0.05) is 12.1 Å². The number of carbonyl (C=O) groups excluding carboxylic acids is 1. The van der Waals surface area contributed by atoms with E-state index < -0.39 is 11.8 Å². The number of methoxy groups -OCH3 is 1. The Kier molecular flexibility index (Phi) is 4.49. The number of hydrogen-bond donors (Lipinski definition) is 1. The summed E-state index contributed by atoms with van der Waals surface area (Å²) in [5.41, 5.74) is -2.98. The van der Waals surface area contributed by atoms with Crippen LogP contribution in [-0.4, -0.2) is 42.0 Å². The number of halogens is 3. The van der Waals surface area contributed by atoms with Crippen molar-refractivity contribution in [3.05, 3.63) is 35.4 Å². The van der Waals surface area contributed by atoms with Gasteiger partial charge in [-0.15, -0.1) is 0 Å². The number of aliphatic hydroxyl groups is 1. The standard InChI is InChI=1S/C15H18F3NO3/c1-14(21,15(16,17)18)11-7-5-10(6-8-11)13(20)19-9-3-4-12(19)22-2/h5-8,12,21H,3-4,9H2,1-2H3. The minimum atomic E-state index is -4.78. The van der Waals surface area contributed by atoms with Crippen LogP contribution in [-0.2, 0) is 10.3 Å². The number of amides is 1. The lowest BCUT2D eigenvalue weighted by Gasteiger charge is -2.27. The van der Waals surface area contributed by atoms with Crippen molar-refractivity contribution in [2.24, 2.45) is 0 Å². The second-order valence-electron chi connectivity index (χ2n) is 5.48. The first-order chi connectivity index (χ1) is 10.2. The molecule has 1 aromatic carbocycles. The van der Waals surface area contributed by atoms with Gasteiger partial charge in [0.25, 0.3) is 5.91 Å². The van der Waals surface area contributed by atoms with Crippen molar-refractivity contribution in [3.63, 3.8) is 0 Å². The lowest BCUT2D eigenvalue weighted by atomic mass is 9.94. The van der Waals surface area contributed by atoms with Gasteiger partial charge in [-0.25, -0.2) is 0 Å². The first kappa shape index (κ1) is 16.8. The highest BCUT2D eigenvalue weighted by Gasteiger charge is 2.51. The number of carbonyl (C=O) groups is 1. The molecule has 122 valence electrons. The molecule has 1 aromatic rings. The molecule has 1 saturated heterocycles. The summed E-state index contributed by atoms with van der Waals surface area (Å²) >= 11 is 0. The molecular weight excluding hydrogens is 299 g/mol. The van der Waals surface area contributed by atoms with Crippen LogP contribution in [0.4, 0.5) is 13.2 Å². The number of rotatable bonds is 3. The maximum atomic E-state index is 12.8. The monoisotopic (exact) mass is 317 g/mol. The molecule has 0 radical (unpaired) electrons. The lowest BCUT2D eigenvalue weighted by Crippen LogP contribution is -2.39. The van der Waals surface area contributed by atoms with E-state index in [-0.39, 0.29) is 23.3 Å². The molecule has 0 aromatic heterocycles. The molecular formula is C15H18F3NO3. The molecule has 0 spiro atoms. The van der Waals surface area contributed by atoms with E-state index in [1.807, 2.05) is 0 Å². The second kappa shape index (κ2) is 5.89. The fourth-order valence-corrected chi connectivity index (χ4v) is 2.48. The normalized spacial score (nSPS) is 21.7. The topological polar surface area (TPSA) is 49.8 Å². The summed E-state index contributed by atoms with van der Waals surface area (Å²) in [7, 11) is 1.51. The van der Waals surface area contributed by atoms with Crippen LogP contribution in [0.15, 0.2) is 24.3 Å². The van der Waals surface area contributed by atoms with Crippen molar-refractivity contribution >= 4 is 5.91 Å². The van der Waals surface area contributed by atoms with Gasteiger partial charge in [-0.3, -0.25) is 4.79 Å². The zero-order chi connectivity index (χ0) is 16.5. The minimum absolute atomic E-state index is 0.269. The Morgan fingerprint density at radius 1 is 1.32 bits per heavy atom. The van der Waals surface area contributed by atoms with Gasteiger partial charge in [0.2, 0.25) is 0 Å². The Hall–Kier alpha value is -1.60. The summed E-state index contributed by atoms with van der Waals surface area (Å²) in [6.07, 6.45) is -3.52. The van der Waals surface area contributed by atoms with Crippen LogP contribution in [0.5, 0.6) is 0 Å². The first-order valence-electron chi connectivity index (χ1n) is 6.92. The molecule has 1 aliphatic rings. The van der Waals surface area contributed by atoms with Crippen LogP contribution in [0.3, 0.4) is 0 Å². The molecule has 1 N–H and O–H groups in total. The maximum absolute atomic E-state index is 12.8. The second-order valence-corrected chi connectivity index (χ2v) is 5.48. The number of alkyl halides is 3. The summed E-state index contributed by atoms with van der Waals surface area (Å²) in [6.45, 7) is 1.24. The molecule has 1 fully saturated rings. The van der Waals surface area contributed by atoms with Crippen LogP contribution in [0.2, 0.25) is 0 Å². The van der Waals surface area contributed by atoms with E-state index >= 15 is 0 Å². The first-order valence-corrected chi connectivity index (χ1v) is 6.92. The highest BCUT2D eigenvalue weighted by atomic mass is 19.4. The fourth-order valence-electron chi connectivity index (χ4n) is 2.48. The molecule has 4 nitrogen and oxygen atoms in total.